The molecule has 5 nitrogen and oxygen atoms in total. The summed E-state index contributed by atoms with van der Waals surface area (Å²) in [4.78, 5) is 37.5. The van der Waals surface area contributed by atoms with Crippen molar-refractivity contribution in [3.8, 4) is 0 Å². The van der Waals surface area contributed by atoms with Gasteiger partial charge in [0.05, 0.1) is 13.0 Å². The molecular formula is C19H16BrNO4. The number of esters is 1. The maximum absolute atomic E-state index is 12.7. The van der Waals surface area contributed by atoms with Gasteiger partial charge < -0.3 is 10.1 Å². The van der Waals surface area contributed by atoms with E-state index < -0.39 is 23.3 Å². The number of ether oxygens (including phenoxy) is 1. The standard InChI is InChI=1S/C19H16BrNO4/c1-25-18(24)19(21-17(23)12-6-3-2-4-7-12)11-15(19)16(22)13-8-5-9-14(20)10-13/h2-10,15H,11H2,1H3,(H,21,23). The van der Waals surface area contributed by atoms with E-state index in [1.807, 2.05) is 6.07 Å². The number of carbonyl (C=O) groups is 3. The number of methoxy groups -OCH3 is 1. The lowest BCUT2D eigenvalue weighted by Gasteiger charge is -2.17. The third-order valence-electron chi connectivity index (χ3n) is 4.31. The van der Waals surface area contributed by atoms with Crippen molar-refractivity contribution in [1.82, 2.24) is 5.32 Å². The number of benzene rings is 2. The van der Waals surface area contributed by atoms with Crippen LogP contribution in [0.3, 0.4) is 0 Å². The van der Waals surface area contributed by atoms with Crippen LogP contribution in [-0.2, 0) is 9.53 Å². The second-order valence-electron chi connectivity index (χ2n) is 5.91. The maximum Gasteiger partial charge on any atom is 0.332 e. The lowest BCUT2D eigenvalue weighted by Crippen LogP contribution is -2.46. The second-order valence-corrected chi connectivity index (χ2v) is 6.83. The predicted octanol–water partition coefficient (Wildman–Crippen LogP) is 2.99. The summed E-state index contributed by atoms with van der Waals surface area (Å²) in [5.41, 5.74) is -0.397. The number of carbonyl (C=O) groups excluding carboxylic acids is 3. The Hall–Kier alpha value is -2.47. The third-order valence-corrected chi connectivity index (χ3v) is 4.80. The number of halogens is 1. The highest BCUT2D eigenvalue weighted by Crippen LogP contribution is 2.47. The third kappa shape index (κ3) is 3.35. The number of amides is 1. The molecule has 0 aromatic heterocycles. The zero-order valence-corrected chi connectivity index (χ0v) is 15.1. The van der Waals surface area contributed by atoms with Gasteiger partial charge in [0.2, 0.25) is 0 Å². The largest absolute Gasteiger partial charge is 0.467 e. The first kappa shape index (κ1) is 17.4. The van der Waals surface area contributed by atoms with Crippen LogP contribution in [0.15, 0.2) is 59.1 Å². The van der Waals surface area contributed by atoms with Gasteiger partial charge in [0.1, 0.15) is 5.54 Å². The van der Waals surface area contributed by atoms with Gasteiger partial charge in [0, 0.05) is 15.6 Å². The minimum absolute atomic E-state index is 0.194. The zero-order chi connectivity index (χ0) is 18.0. The van der Waals surface area contributed by atoms with E-state index >= 15 is 0 Å². The van der Waals surface area contributed by atoms with E-state index in [9.17, 15) is 14.4 Å². The number of Topliss-reactive ketones (excluding diaryl/α,β-unsaturated/α-hetero) is 1. The lowest BCUT2D eigenvalue weighted by molar-refractivity contribution is -0.144. The predicted molar refractivity (Wildman–Crippen MR) is 95.2 cm³/mol. The molecule has 0 saturated heterocycles. The summed E-state index contributed by atoms with van der Waals surface area (Å²) in [6.45, 7) is 0. The molecule has 1 fully saturated rings. The minimum Gasteiger partial charge on any atom is -0.467 e. The maximum atomic E-state index is 12.7. The van der Waals surface area contributed by atoms with Crippen LogP contribution in [0.4, 0.5) is 0 Å². The Bertz CT molecular complexity index is 836. The smallest absolute Gasteiger partial charge is 0.332 e. The van der Waals surface area contributed by atoms with Crippen LogP contribution in [0, 0.1) is 5.92 Å². The molecule has 2 atom stereocenters. The molecule has 0 radical (unpaired) electrons. The summed E-state index contributed by atoms with van der Waals surface area (Å²) in [6, 6.07) is 15.5. The van der Waals surface area contributed by atoms with Gasteiger partial charge in [0.25, 0.3) is 5.91 Å². The van der Waals surface area contributed by atoms with Crippen molar-refractivity contribution in [3.63, 3.8) is 0 Å². The van der Waals surface area contributed by atoms with E-state index in [-0.39, 0.29) is 12.2 Å². The van der Waals surface area contributed by atoms with Gasteiger partial charge in [-0.3, -0.25) is 9.59 Å². The molecule has 25 heavy (non-hydrogen) atoms. The molecule has 2 aromatic rings. The van der Waals surface area contributed by atoms with Crippen LogP contribution >= 0.6 is 15.9 Å². The number of hydrogen-bond acceptors (Lipinski definition) is 4. The molecule has 2 unspecified atom stereocenters. The van der Waals surface area contributed by atoms with Gasteiger partial charge in [-0.1, -0.05) is 46.3 Å². The highest BCUT2D eigenvalue weighted by molar-refractivity contribution is 9.10. The van der Waals surface area contributed by atoms with Crippen molar-refractivity contribution in [2.24, 2.45) is 5.92 Å². The SMILES string of the molecule is COC(=O)C1(NC(=O)c2ccccc2)CC1C(=O)c1cccc(Br)c1. The van der Waals surface area contributed by atoms with Crippen molar-refractivity contribution < 1.29 is 19.1 Å². The molecular weight excluding hydrogens is 386 g/mol. The van der Waals surface area contributed by atoms with E-state index in [4.69, 9.17) is 4.74 Å². The Labute approximate surface area is 153 Å². The minimum atomic E-state index is -1.30. The van der Waals surface area contributed by atoms with Crippen molar-refractivity contribution in [3.05, 3.63) is 70.2 Å². The van der Waals surface area contributed by atoms with Gasteiger partial charge in [0.15, 0.2) is 5.78 Å². The Morgan fingerprint density at radius 3 is 2.40 bits per heavy atom. The molecule has 0 spiro atoms. The Kier molecular flexibility index (Phi) is 4.72. The topological polar surface area (TPSA) is 72.5 Å². The molecule has 0 aliphatic heterocycles. The number of rotatable bonds is 5. The molecule has 1 aliphatic rings. The Balaban J connectivity index is 1.84. The first-order valence-corrected chi connectivity index (χ1v) is 8.53. The first-order valence-electron chi connectivity index (χ1n) is 7.73. The Morgan fingerprint density at radius 2 is 1.76 bits per heavy atom. The first-order chi connectivity index (χ1) is 12.0. The van der Waals surface area contributed by atoms with Crippen LogP contribution < -0.4 is 5.32 Å². The zero-order valence-electron chi connectivity index (χ0n) is 13.5. The van der Waals surface area contributed by atoms with Crippen LogP contribution in [0.2, 0.25) is 0 Å². The molecule has 1 N–H and O–H groups in total. The number of ketones is 1. The molecule has 1 amide bonds. The average Bonchev–Trinajstić information content (AvgIpc) is 3.36. The summed E-state index contributed by atoms with van der Waals surface area (Å²) < 4.78 is 5.61. The van der Waals surface area contributed by atoms with Crippen molar-refractivity contribution in [2.75, 3.05) is 7.11 Å². The monoisotopic (exact) mass is 401 g/mol. The highest BCUT2D eigenvalue weighted by atomic mass is 79.9. The van der Waals surface area contributed by atoms with Crippen LogP contribution in [-0.4, -0.2) is 30.3 Å². The van der Waals surface area contributed by atoms with E-state index in [1.54, 1.807) is 48.5 Å². The molecule has 0 heterocycles. The average molecular weight is 402 g/mol. The van der Waals surface area contributed by atoms with Crippen molar-refractivity contribution in [2.45, 2.75) is 12.0 Å². The highest BCUT2D eigenvalue weighted by Gasteiger charge is 2.65. The normalized spacial score (nSPS) is 21.3. The van der Waals surface area contributed by atoms with Crippen LogP contribution in [0.5, 0.6) is 0 Å². The van der Waals surface area contributed by atoms with Gasteiger partial charge >= 0.3 is 5.97 Å². The van der Waals surface area contributed by atoms with Gasteiger partial charge in [-0.05, 0) is 30.7 Å². The number of nitrogens with one attached hydrogen (secondary N) is 1. The number of hydrogen-bond donors (Lipinski definition) is 1. The molecule has 1 saturated carbocycles. The molecule has 3 rings (SSSR count). The summed E-state index contributed by atoms with van der Waals surface area (Å²) in [6.07, 6.45) is 0.226. The van der Waals surface area contributed by atoms with E-state index in [1.165, 1.54) is 7.11 Å². The molecule has 6 heteroatoms. The summed E-state index contributed by atoms with van der Waals surface area (Å²) in [7, 11) is 1.25. The van der Waals surface area contributed by atoms with Crippen molar-refractivity contribution in [1.29, 1.82) is 0 Å². The second kappa shape index (κ2) is 6.80. The van der Waals surface area contributed by atoms with E-state index in [0.29, 0.717) is 11.1 Å². The molecule has 128 valence electrons. The fourth-order valence-electron chi connectivity index (χ4n) is 2.88. The lowest BCUT2D eigenvalue weighted by atomic mass is 10.0. The van der Waals surface area contributed by atoms with Crippen LogP contribution in [0.25, 0.3) is 0 Å². The molecule has 0 bridgehead atoms. The Morgan fingerprint density at radius 1 is 1.08 bits per heavy atom. The fourth-order valence-corrected chi connectivity index (χ4v) is 3.28. The summed E-state index contributed by atoms with van der Waals surface area (Å²) in [5.74, 6) is -1.84. The van der Waals surface area contributed by atoms with E-state index in [0.717, 1.165) is 4.47 Å². The fraction of sp³-hybridized carbons (Fsp3) is 0.211. The summed E-state index contributed by atoms with van der Waals surface area (Å²) >= 11 is 3.33. The van der Waals surface area contributed by atoms with Crippen LogP contribution in [0.1, 0.15) is 27.1 Å². The summed E-state index contributed by atoms with van der Waals surface area (Å²) in [5, 5.41) is 2.70. The molecule has 1 aliphatic carbocycles. The van der Waals surface area contributed by atoms with Gasteiger partial charge in [-0.25, -0.2) is 4.79 Å². The quantitative estimate of drug-likeness (QED) is 0.617. The van der Waals surface area contributed by atoms with E-state index in [2.05, 4.69) is 21.2 Å². The van der Waals surface area contributed by atoms with Gasteiger partial charge in [-0.15, -0.1) is 0 Å². The van der Waals surface area contributed by atoms with Gasteiger partial charge in [-0.2, -0.15) is 0 Å². The van der Waals surface area contributed by atoms with Crippen molar-refractivity contribution >= 4 is 33.6 Å². The molecule has 2 aromatic carbocycles.